The Kier molecular flexibility index (Phi) is 4.85. The van der Waals surface area contributed by atoms with Gasteiger partial charge in [0.15, 0.2) is 11.5 Å². The van der Waals surface area contributed by atoms with Gasteiger partial charge in [0.05, 0.1) is 10.0 Å². The fraction of sp³-hybridized carbons (Fsp3) is 0.263. The number of amides is 2. The fourth-order valence-corrected chi connectivity index (χ4v) is 3.53. The third kappa shape index (κ3) is 3.68. The van der Waals surface area contributed by atoms with Crippen LogP contribution in [0.25, 0.3) is 0 Å². The average Bonchev–Trinajstić information content (AvgIpc) is 3.48. The van der Waals surface area contributed by atoms with Crippen LogP contribution >= 0.6 is 23.2 Å². The van der Waals surface area contributed by atoms with Crippen LogP contribution in [-0.2, 0) is 9.59 Å². The number of para-hydroxylation sites is 2. The van der Waals surface area contributed by atoms with Crippen molar-refractivity contribution in [3.05, 3.63) is 58.1 Å². The molecule has 27 heavy (non-hydrogen) atoms. The Morgan fingerprint density at radius 3 is 2.52 bits per heavy atom. The Morgan fingerprint density at radius 2 is 1.70 bits per heavy atom. The lowest BCUT2D eigenvalue weighted by atomic mass is 10.1. The van der Waals surface area contributed by atoms with E-state index in [2.05, 4.69) is 10.9 Å². The lowest BCUT2D eigenvalue weighted by molar-refractivity contribution is -0.135. The highest BCUT2D eigenvalue weighted by molar-refractivity contribution is 6.42. The maximum absolute atomic E-state index is 12.3. The van der Waals surface area contributed by atoms with Crippen molar-refractivity contribution in [2.24, 2.45) is 5.92 Å². The van der Waals surface area contributed by atoms with E-state index >= 15 is 0 Å². The summed E-state index contributed by atoms with van der Waals surface area (Å²) in [7, 11) is 0. The second-order valence-electron chi connectivity index (χ2n) is 6.43. The van der Waals surface area contributed by atoms with Gasteiger partial charge in [-0.2, -0.15) is 0 Å². The van der Waals surface area contributed by atoms with Crippen molar-refractivity contribution in [2.45, 2.75) is 18.4 Å². The average molecular weight is 407 g/mol. The topological polar surface area (TPSA) is 76.7 Å². The van der Waals surface area contributed by atoms with Crippen molar-refractivity contribution in [3.63, 3.8) is 0 Å². The molecule has 3 unspecified atom stereocenters. The minimum absolute atomic E-state index is 0.00533. The fourth-order valence-electron chi connectivity index (χ4n) is 3.08. The number of carbonyl (C=O) groups is 2. The molecule has 4 rings (SSSR count). The predicted octanol–water partition coefficient (Wildman–Crippen LogP) is 3.08. The Labute approximate surface area is 165 Å². The molecule has 3 atom stereocenters. The molecule has 2 amide bonds. The van der Waals surface area contributed by atoms with Gasteiger partial charge in [-0.05, 0) is 36.1 Å². The van der Waals surface area contributed by atoms with Crippen LogP contribution in [0.4, 0.5) is 0 Å². The molecule has 1 saturated carbocycles. The molecule has 0 spiro atoms. The number of nitrogens with one attached hydrogen (secondary N) is 2. The summed E-state index contributed by atoms with van der Waals surface area (Å²) in [5.74, 6) is 0.0648. The van der Waals surface area contributed by atoms with Crippen molar-refractivity contribution >= 4 is 35.0 Å². The molecule has 1 aliphatic heterocycles. The molecule has 0 radical (unpaired) electrons. The number of hydrazine groups is 1. The number of fused-ring (bicyclic) bond motifs is 1. The molecule has 1 aliphatic carbocycles. The van der Waals surface area contributed by atoms with Crippen molar-refractivity contribution in [2.75, 3.05) is 6.61 Å². The first-order valence-electron chi connectivity index (χ1n) is 8.46. The quantitative estimate of drug-likeness (QED) is 0.767. The third-order valence-corrected chi connectivity index (χ3v) is 5.45. The first-order valence-corrected chi connectivity index (χ1v) is 9.22. The van der Waals surface area contributed by atoms with Crippen molar-refractivity contribution in [3.8, 4) is 11.5 Å². The Balaban J connectivity index is 1.30. The number of ether oxygens (including phenoxy) is 2. The van der Waals surface area contributed by atoms with Gasteiger partial charge in [0.1, 0.15) is 6.61 Å². The van der Waals surface area contributed by atoms with E-state index in [-0.39, 0.29) is 24.3 Å². The summed E-state index contributed by atoms with van der Waals surface area (Å²) < 4.78 is 11.1. The van der Waals surface area contributed by atoms with Crippen molar-refractivity contribution < 1.29 is 19.1 Å². The normalized spacial score (nSPS) is 22.7. The molecule has 0 saturated heterocycles. The lowest BCUT2D eigenvalue weighted by Gasteiger charge is -2.25. The third-order valence-electron chi connectivity index (χ3n) is 4.62. The van der Waals surface area contributed by atoms with E-state index in [1.807, 2.05) is 12.1 Å². The van der Waals surface area contributed by atoms with Crippen LogP contribution in [0.1, 0.15) is 17.9 Å². The first-order chi connectivity index (χ1) is 13.0. The van der Waals surface area contributed by atoms with Crippen molar-refractivity contribution in [1.82, 2.24) is 10.9 Å². The molecular formula is C19H16Cl2N2O4. The van der Waals surface area contributed by atoms with Gasteiger partial charge in [0.2, 0.25) is 12.0 Å². The summed E-state index contributed by atoms with van der Waals surface area (Å²) in [6.07, 6.45) is -0.185. The van der Waals surface area contributed by atoms with Crippen LogP contribution in [0, 0.1) is 5.92 Å². The molecule has 1 fully saturated rings. The van der Waals surface area contributed by atoms with Crippen LogP contribution in [0.3, 0.4) is 0 Å². The predicted molar refractivity (Wildman–Crippen MR) is 99.9 cm³/mol. The zero-order valence-electron chi connectivity index (χ0n) is 14.1. The Bertz CT molecular complexity index is 905. The van der Waals surface area contributed by atoms with E-state index in [0.717, 1.165) is 5.56 Å². The van der Waals surface area contributed by atoms with Crippen LogP contribution in [-0.4, -0.2) is 24.5 Å². The summed E-state index contributed by atoms with van der Waals surface area (Å²) in [5, 5.41) is 0.929. The summed E-state index contributed by atoms with van der Waals surface area (Å²) >= 11 is 12.2. The molecule has 2 aromatic carbocycles. The van der Waals surface area contributed by atoms with Gasteiger partial charge < -0.3 is 9.47 Å². The number of carbonyl (C=O) groups excluding carboxylic acids is 2. The largest absolute Gasteiger partial charge is 0.485 e. The summed E-state index contributed by atoms with van der Waals surface area (Å²) in [6, 6.07) is 12.5. The van der Waals surface area contributed by atoms with Gasteiger partial charge in [-0.25, -0.2) is 0 Å². The van der Waals surface area contributed by atoms with Crippen LogP contribution in [0.5, 0.6) is 11.5 Å². The van der Waals surface area contributed by atoms with E-state index in [0.29, 0.717) is 28.0 Å². The lowest BCUT2D eigenvalue weighted by Crippen LogP contribution is -2.51. The highest BCUT2D eigenvalue weighted by Gasteiger charge is 2.45. The van der Waals surface area contributed by atoms with Gasteiger partial charge in [-0.15, -0.1) is 0 Å². The van der Waals surface area contributed by atoms with E-state index in [1.54, 1.807) is 30.3 Å². The molecular weight excluding hydrogens is 391 g/mol. The van der Waals surface area contributed by atoms with Crippen LogP contribution in [0.15, 0.2) is 42.5 Å². The summed E-state index contributed by atoms with van der Waals surface area (Å²) in [4.78, 5) is 24.5. The number of rotatable bonds is 3. The van der Waals surface area contributed by atoms with Gasteiger partial charge >= 0.3 is 0 Å². The second-order valence-corrected chi connectivity index (χ2v) is 7.22. The van der Waals surface area contributed by atoms with Gasteiger partial charge in [0, 0.05) is 5.92 Å². The minimum atomic E-state index is -0.836. The number of benzene rings is 2. The SMILES string of the molecule is O=C(NNC(=O)C1CC1c1cccc(Cl)c1Cl)C1COc2ccccc2O1. The van der Waals surface area contributed by atoms with Crippen LogP contribution < -0.4 is 20.3 Å². The minimum Gasteiger partial charge on any atom is -0.485 e. The van der Waals surface area contributed by atoms with E-state index in [1.165, 1.54) is 0 Å². The summed E-state index contributed by atoms with van der Waals surface area (Å²) in [6.45, 7) is 0.0723. The molecule has 2 N–H and O–H groups in total. The maximum Gasteiger partial charge on any atom is 0.283 e. The Morgan fingerprint density at radius 1 is 0.963 bits per heavy atom. The van der Waals surface area contributed by atoms with E-state index < -0.39 is 12.0 Å². The maximum atomic E-state index is 12.3. The van der Waals surface area contributed by atoms with Crippen molar-refractivity contribution in [1.29, 1.82) is 0 Å². The summed E-state index contributed by atoms with van der Waals surface area (Å²) in [5.41, 5.74) is 5.69. The van der Waals surface area contributed by atoms with E-state index in [9.17, 15) is 9.59 Å². The van der Waals surface area contributed by atoms with Crippen LogP contribution in [0.2, 0.25) is 10.0 Å². The highest BCUT2D eigenvalue weighted by Crippen LogP contribution is 2.50. The first kappa shape index (κ1) is 17.9. The molecule has 140 valence electrons. The molecule has 1 heterocycles. The van der Waals surface area contributed by atoms with Gasteiger partial charge in [-0.3, -0.25) is 20.4 Å². The van der Waals surface area contributed by atoms with Gasteiger partial charge in [-0.1, -0.05) is 47.5 Å². The number of halogens is 2. The Hall–Kier alpha value is -2.44. The zero-order valence-corrected chi connectivity index (χ0v) is 15.6. The standard InChI is InChI=1S/C19H16Cl2N2O4/c20-13-5-3-4-10(17(13)21)11-8-12(11)18(24)22-23-19(25)16-9-26-14-6-1-2-7-15(14)27-16/h1-7,11-12,16H,8-9H2,(H,22,24)(H,23,25). The monoisotopic (exact) mass is 406 g/mol. The molecule has 8 heteroatoms. The molecule has 6 nitrogen and oxygen atoms in total. The number of hydrogen-bond donors (Lipinski definition) is 2. The number of hydrogen-bond acceptors (Lipinski definition) is 4. The molecule has 2 aliphatic rings. The second kappa shape index (κ2) is 7.29. The van der Waals surface area contributed by atoms with Gasteiger partial charge in [0.25, 0.3) is 5.91 Å². The zero-order chi connectivity index (χ0) is 19.0. The molecule has 0 bridgehead atoms. The van der Waals surface area contributed by atoms with E-state index in [4.69, 9.17) is 32.7 Å². The molecule has 2 aromatic rings. The highest BCUT2D eigenvalue weighted by atomic mass is 35.5. The molecule has 0 aromatic heterocycles. The smallest absolute Gasteiger partial charge is 0.283 e.